The number of benzene rings is 1. The third-order valence-electron chi connectivity index (χ3n) is 4.50. The molecule has 3 aromatic rings. The van der Waals surface area contributed by atoms with Gasteiger partial charge in [-0.3, -0.25) is 10.5 Å². The van der Waals surface area contributed by atoms with Crippen LogP contribution in [0.2, 0.25) is 0 Å². The van der Waals surface area contributed by atoms with E-state index in [-0.39, 0.29) is 5.90 Å². The largest absolute Gasteiger partial charge is 0.465 e. The highest BCUT2D eigenvalue weighted by molar-refractivity contribution is 7.13. The van der Waals surface area contributed by atoms with Gasteiger partial charge in [0.15, 0.2) is 0 Å². The van der Waals surface area contributed by atoms with Crippen molar-refractivity contribution < 1.29 is 14.3 Å². The summed E-state index contributed by atoms with van der Waals surface area (Å²) < 4.78 is 10.2. The fourth-order valence-electron chi connectivity index (χ4n) is 3.23. The monoisotopic (exact) mass is 378 g/mol. The van der Waals surface area contributed by atoms with Gasteiger partial charge in [-0.1, -0.05) is 18.2 Å². The fourth-order valence-corrected chi connectivity index (χ4v) is 3.97. The molecule has 2 aromatic heterocycles. The minimum absolute atomic E-state index is 0.142. The number of thiophene rings is 1. The molecular weight excluding hydrogens is 364 g/mol. The van der Waals surface area contributed by atoms with E-state index in [9.17, 15) is 10.1 Å². The molecule has 0 aliphatic carbocycles. The van der Waals surface area contributed by atoms with Gasteiger partial charge < -0.3 is 9.47 Å². The van der Waals surface area contributed by atoms with Crippen LogP contribution in [-0.4, -0.2) is 29.2 Å². The van der Waals surface area contributed by atoms with Crippen LogP contribution in [-0.2, 0) is 4.74 Å². The lowest BCUT2D eigenvalue weighted by Crippen LogP contribution is -2.30. The van der Waals surface area contributed by atoms with Crippen LogP contribution in [0.5, 0.6) is 5.88 Å². The molecule has 0 radical (unpaired) electrons. The number of rotatable bonds is 3. The number of hydrogen-bond donors (Lipinski definition) is 2. The lowest BCUT2D eigenvalue weighted by Gasteiger charge is -2.28. The smallest absolute Gasteiger partial charge is 0.337 e. The highest BCUT2D eigenvalue weighted by Crippen LogP contribution is 2.46. The number of ether oxygens (including phenoxy) is 2. The molecule has 27 heavy (non-hydrogen) atoms. The molecular formula is C19H14N4O3S. The molecule has 0 amide bonds. The number of carbonyl (C=O) groups excluding carboxylic acids is 1. The maximum atomic E-state index is 11.7. The van der Waals surface area contributed by atoms with Crippen molar-refractivity contribution in [2.45, 2.75) is 5.92 Å². The molecule has 3 heterocycles. The molecule has 0 saturated heterocycles. The van der Waals surface area contributed by atoms with Gasteiger partial charge in [-0.25, -0.2) is 4.79 Å². The van der Waals surface area contributed by atoms with Crippen molar-refractivity contribution in [3.8, 4) is 22.5 Å². The molecule has 0 saturated carbocycles. The first-order valence-electron chi connectivity index (χ1n) is 8.10. The van der Waals surface area contributed by atoms with Crippen LogP contribution in [0.3, 0.4) is 0 Å². The Kier molecular flexibility index (Phi) is 4.22. The van der Waals surface area contributed by atoms with Crippen molar-refractivity contribution in [1.29, 1.82) is 10.7 Å². The lowest BCUT2D eigenvalue weighted by molar-refractivity contribution is 0.0600. The van der Waals surface area contributed by atoms with E-state index < -0.39 is 17.8 Å². The van der Waals surface area contributed by atoms with E-state index in [1.165, 1.54) is 7.11 Å². The number of fused-ring (bicyclic) bond motifs is 1. The summed E-state index contributed by atoms with van der Waals surface area (Å²) in [5, 5.41) is 26.9. The second-order valence-corrected chi connectivity index (χ2v) is 6.91. The Morgan fingerprint density at radius 1 is 1.37 bits per heavy atom. The van der Waals surface area contributed by atoms with Gasteiger partial charge in [0.05, 0.1) is 34.9 Å². The summed E-state index contributed by atoms with van der Waals surface area (Å²) in [6.45, 7) is 0. The first-order valence-corrected chi connectivity index (χ1v) is 8.98. The number of nitriles is 1. The summed E-state index contributed by atoms with van der Waals surface area (Å²) in [6.07, 6.45) is 0. The second kappa shape index (κ2) is 6.70. The molecule has 2 unspecified atom stereocenters. The van der Waals surface area contributed by atoms with E-state index in [2.05, 4.69) is 16.3 Å². The van der Waals surface area contributed by atoms with Crippen LogP contribution in [0.4, 0.5) is 0 Å². The molecule has 1 aliphatic heterocycles. The average Bonchev–Trinajstić information content (AvgIpc) is 3.35. The molecule has 2 N–H and O–H groups in total. The zero-order valence-electron chi connectivity index (χ0n) is 14.2. The molecule has 2 atom stereocenters. The summed E-state index contributed by atoms with van der Waals surface area (Å²) in [5.74, 6) is -1.50. The number of aromatic amines is 1. The Morgan fingerprint density at radius 2 is 2.15 bits per heavy atom. The Balaban J connectivity index is 1.86. The van der Waals surface area contributed by atoms with Gasteiger partial charge in [0.2, 0.25) is 11.8 Å². The predicted octanol–water partition coefficient (Wildman–Crippen LogP) is 3.57. The third-order valence-corrected chi connectivity index (χ3v) is 5.39. The Bertz CT molecular complexity index is 1050. The van der Waals surface area contributed by atoms with E-state index >= 15 is 0 Å². The minimum atomic E-state index is -0.794. The van der Waals surface area contributed by atoms with Crippen molar-refractivity contribution in [3.05, 3.63) is 58.5 Å². The first-order chi connectivity index (χ1) is 13.1. The third kappa shape index (κ3) is 2.78. The average molecular weight is 378 g/mol. The van der Waals surface area contributed by atoms with Crippen LogP contribution in [0.1, 0.15) is 27.4 Å². The summed E-state index contributed by atoms with van der Waals surface area (Å²) >= 11 is 1.55. The zero-order chi connectivity index (χ0) is 19.0. The van der Waals surface area contributed by atoms with E-state index in [1.54, 1.807) is 35.6 Å². The zero-order valence-corrected chi connectivity index (χ0v) is 15.0. The van der Waals surface area contributed by atoms with Crippen molar-refractivity contribution in [2.75, 3.05) is 7.11 Å². The highest BCUT2D eigenvalue weighted by atomic mass is 32.1. The number of H-pyrrole nitrogens is 1. The number of esters is 1. The van der Waals surface area contributed by atoms with Gasteiger partial charge >= 0.3 is 5.97 Å². The molecule has 0 fully saturated rings. The van der Waals surface area contributed by atoms with Gasteiger partial charge in [-0.05, 0) is 29.1 Å². The summed E-state index contributed by atoms with van der Waals surface area (Å²) in [6, 6.07) is 12.9. The number of nitrogens with zero attached hydrogens (tertiary/aromatic N) is 2. The second-order valence-electron chi connectivity index (χ2n) is 5.96. The van der Waals surface area contributed by atoms with Gasteiger partial charge in [0.1, 0.15) is 5.92 Å². The lowest BCUT2D eigenvalue weighted by atomic mass is 9.79. The quantitative estimate of drug-likeness (QED) is 0.677. The van der Waals surface area contributed by atoms with Crippen molar-refractivity contribution in [2.24, 2.45) is 5.92 Å². The van der Waals surface area contributed by atoms with Crippen molar-refractivity contribution >= 4 is 23.2 Å². The van der Waals surface area contributed by atoms with E-state index in [1.807, 2.05) is 17.5 Å². The number of nitrogens with one attached hydrogen (secondary N) is 2. The molecule has 8 heteroatoms. The van der Waals surface area contributed by atoms with Crippen molar-refractivity contribution in [1.82, 2.24) is 10.2 Å². The van der Waals surface area contributed by atoms with Gasteiger partial charge in [-0.15, -0.1) is 16.4 Å². The first kappa shape index (κ1) is 17.0. The molecule has 0 spiro atoms. The maximum absolute atomic E-state index is 11.7. The summed E-state index contributed by atoms with van der Waals surface area (Å²) in [5.41, 5.74) is 2.73. The van der Waals surface area contributed by atoms with Crippen LogP contribution >= 0.6 is 11.3 Å². The summed E-state index contributed by atoms with van der Waals surface area (Å²) in [7, 11) is 1.33. The van der Waals surface area contributed by atoms with Crippen molar-refractivity contribution in [3.63, 3.8) is 0 Å². The SMILES string of the molecule is COC(=O)c1ccc(C2c3c(n[nH]c3-c3cccs3)OC(=N)C2C#N)cc1. The Morgan fingerprint density at radius 3 is 2.78 bits per heavy atom. The molecule has 7 nitrogen and oxygen atoms in total. The number of carbonyl (C=O) groups is 1. The maximum Gasteiger partial charge on any atom is 0.337 e. The fraction of sp³-hybridized carbons (Fsp3) is 0.158. The van der Waals surface area contributed by atoms with Crippen LogP contribution in [0.25, 0.3) is 10.6 Å². The molecule has 4 rings (SSSR count). The van der Waals surface area contributed by atoms with Crippen LogP contribution in [0.15, 0.2) is 41.8 Å². The summed E-state index contributed by atoms with van der Waals surface area (Å²) in [4.78, 5) is 12.7. The standard InChI is InChI=1S/C19H14N4O3S/c1-25-19(24)11-6-4-10(5-7-11)14-12(9-20)17(21)26-18-15(14)16(22-23-18)13-3-2-8-27-13/h2-8,12,14,21H,1H3,(H,22,23). The molecule has 0 bridgehead atoms. The molecule has 134 valence electrons. The highest BCUT2D eigenvalue weighted by Gasteiger charge is 2.40. The van der Waals surface area contributed by atoms with E-state index in [4.69, 9.17) is 14.9 Å². The predicted molar refractivity (Wildman–Crippen MR) is 99.0 cm³/mol. The number of aromatic nitrogens is 2. The number of methoxy groups -OCH3 is 1. The van der Waals surface area contributed by atoms with Crippen LogP contribution in [0, 0.1) is 22.7 Å². The van der Waals surface area contributed by atoms with E-state index in [0.29, 0.717) is 11.4 Å². The van der Waals surface area contributed by atoms with Gasteiger partial charge in [0, 0.05) is 5.92 Å². The molecule has 1 aliphatic rings. The minimum Gasteiger partial charge on any atom is -0.465 e. The van der Waals surface area contributed by atoms with E-state index in [0.717, 1.165) is 21.7 Å². The van der Waals surface area contributed by atoms with Crippen LogP contribution < -0.4 is 4.74 Å². The van der Waals surface area contributed by atoms with Gasteiger partial charge in [0.25, 0.3) is 0 Å². The normalized spacial score (nSPS) is 18.3. The van der Waals surface area contributed by atoms with Gasteiger partial charge in [-0.2, -0.15) is 5.26 Å². The Hall–Kier alpha value is -3.44. The number of hydrogen-bond acceptors (Lipinski definition) is 7. The topological polar surface area (TPSA) is 112 Å². The Labute approximate surface area is 158 Å². The molecule has 1 aromatic carbocycles.